The van der Waals surface area contributed by atoms with Gasteiger partial charge in [-0.15, -0.1) is 6.58 Å². The van der Waals surface area contributed by atoms with E-state index in [1.54, 1.807) is 13.0 Å². The molecule has 220 valence electrons. The molecule has 2 saturated heterocycles. The van der Waals surface area contributed by atoms with Crippen molar-refractivity contribution in [2.75, 3.05) is 39.6 Å². The third-order valence-corrected chi connectivity index (χ3v) is 6.44. The monoisotopic (exact) mass is 576 g/mol. The van der Waals surface area contributed by atoms with Crippen LogP contribution in [0.3, 0.4) is 0 Å². The molecular weight excluding hydrogens is 541 g/mol. The number of halogens is 3. The zero-order chi connectivity index (χ0) is 29.6. The number of alkyl halides is 3. The Balaban J connectivity index is 0.000000415. The largest absolute Gasteiger partial charge is 0.534 e. The summed E-state index contributed by atoms with van der Waals surface area (Å²) in [4.78, 5) is 23.8. The summed E-state index contributed by atoms with van der Waals surface area (Å²) in [6.45, 7) is 16.4. The van der Waals surface area contributed by atoms with Crippen molar-refractivity contribution in [2.45, 2.75) is 58.6 Å². The van der Waals surface area contributed by atoms with E-state index < -0.39 is 63.0 Å². The Morgan fingerprint density at radius 3 is 1.63 bits per heavy atom. The van der Waals surface area contributed by atoms with Crippen LogP contribution >= 0.6 is 0 Å². The molecule has 0 unspecified atom stereocenters. The Hall–Kier alpha value is -2.20. The Labute approximate surface area is 220 Å². The fourth-order valence-electron chi connectivity index (χ4n) is 2.88. The molecule has 0 atom stereocenters. The number of carbonyl (C=O) groups is 2. The van der Waals surface area contributed by atoms with E-state index in [4.69, 9.17) is 28.4 Å². The molecule has 0 amide bonds. The maximum absolute atomic E-state index is 12.4. The third-order valence-electron chi connectivity index (χ3n) is 5.45. The van der Waals surface area contributed by atoms with Crippen molar-refractivity contribution >= 4 is 22.1 Å². The molecule has 2 aliphatic rings. The summed E-state index contributed by atoms with van der Waals surface area (Å²) in [5.41, 5.74) is -8.54. The van der Waals surface area contributed by atoms with E-state index in [9.17, 15) is 31.2 Å². The Kier molecular flexibility index (Phi) is 11.0. The van der Waals surface area contributed by atoms with Crippen molar-refractivity contribution in [2.24, 2.45) is 10.8 Å². The second kappa shape index (κ2) is 12.3. The van der Waals surface area contributed by atoms with Gasteiger partial charge in [0.2, 0.25) is 0 Å². The van der Waals surface area contributed by atoms with Gasteiger partial charge >= 0.3 is 27.6 Å². The average Bonchev–Trinajstić information content (AvgIpc) is 2.79. The van der Waals surface area contributed by atoms with Gasteiger partial charge in [0.1, 0.15) is 11.2 Å². The van der Waals surface area contributed by atoms with Crippen LogP contribution in [0.15, 0.2) is 25.0 Å². The number of ether oxygens (including phenoxy) is 6. The second-order valence-corrected chi connectivity index (χ2v) is 10.8. The van der Waals surface area contributed by atoms with Gasteiger partial charge in [-0.25, -0.2) is 0 Å². The molecule has 11 nitrogen and oxygen atoms in total. The first kappa shape index (κ1) is 33.8. The smallest absolute Gasteiger partial charge is 0.465 e. The summed E-state index contributed by atoms with van der Waals surface area (Å²) in [7, 11) is -5.98. The van der Waals surface area contributed by atoms with E-state index >= 15 is 0 Å². The summed E-state index contributed by atoms with van der Waals surface area (Å²) in [6.07, 6.45) is 1.54. The fourth-order valence-corrected chi connectivity index (χ4v) is 3.40. The highest BCUT2D eigenvalue weighted by Gasteiger charge is 2.55. The van der Waals surface area contributed by atoms with Gasteiger partial charge < -0.3 is 32.6 Å². The quantitative estimate of drug-likeness (QED) is 0.139. The molecule has 2 fully saturated rings. The van der Waals surface area contributed by atoms with Crippen LogP contribution in [0.25, 0.3) is 0 Å². The minimum absolute atomic E-state index is 0.0940. The fraction of sp³-hybridized carbons (Fsp3) is 0.739. The van der Waals surface area contributed by atoms with Gasteiger partial charge in [0.15, 0.2) is 17.0 Å². The molecule has 0 aliphatic carbocycles. The van der Waals surface area contributed by atoms with E-state index in [0.29, 0.717) is 6.61 Å². The van der Waals surface area contributed by atoms with Crippen molar-refractivity contribution in [3.05, 3.63) is 25.0 Å². The molecule has 0 radical (unpaired) electrons. The molecule has 2 heterocycles. The van der Waals surface area contributed by atoms with Gasteiger partial charge in [0.25, 0.3) is 0 Å². The van der Waals surface area contributed by atoms with E-state index in [-0.39, 0.29) is 25.8 Å². The maximum Gasteiger partial charge on any atom is 0.534 e. The minimum Gasteiger partial charge on any atom is -0.465 e. The number of esters is 2. The summed E-state index contributed by atoms with van der Waals surface area (Å²) in [5, 5.41) is 0. The highest BCUT2D eigenvalue weighted by molar-refractivity contribution is 7.87. The second-order valence-electron chi connectivity index (χ2n) is 9.24. The predicted octanol–water partition coefficient (Wildman–Crippen LogP) is 3.20. The summed E-state index contributed by atoms with van der Waals surface area (Å²) < 4.78 is 94.6. The normalized spacial score (nSPS) is 21.6. The molecule has 0 aromatic heterocycles. The Morgan fingerprint density at radius 2 is 1.26 bits per heavy atom. The van der Waals surface area contributed by atoms with E-state index in [1.165, 1.54) is 20.8 Å². The molecule has 15 heteroatoms. The van der Waals surface area contributed by atoms with Crippen LogP contribution in [0.5, 0.6) is 0 Å². The van der Waals surface area contributed by atoms with Crippen LogP contribution in [-0.2, 0) is 52.3 Å². The van der Waals surface area contributed by atoms with Gasteiger partial charge in [0, 0.05) is 0 Å². The minimum atomic E-state index is -5.98. The third kappa shape index (κ3) is 8.15. The predicted molar refractivity (Wildman–Crippen MR) is 125 cm³/mol. The highest BCUT2D eigenvalue weighted by atomic mass is 32.2. The Morgan fingerprint density at radius 1 is 0.868 bits per heavy atom. The van der Waals surface area contributed by atoms with Crippen molar-refractivity contribution in [1.29, 1.82) is 0 Å². The lowest BCUT2D eigenvalue weighted by molar-refractivity contribution is -0.281. The highest BCUT2D eigenvalue weighted by Crippen LogP contribution is 2.39. The lowest BCUT2D eigenvalue weighted by Gasteiger charge is -2.41. The van der Waals surface area contributed by atoms with Crippen LogP contribution in [0.1, 0.15) is 41.5 Å². The molecule has 0 aromatic carbocycles. The van der Waals surface area contributed by atoms with Crippen LogP contribution in [0, 0.1) is 10.8 Å². The standard InChI is InChI=1S/C12H17F3O7S.C11H18O4/c1-5-19-9(16)11(6-20-10(3,4)21-7-11)8(2)22-23(17,18)12(13,14)15;1-5-11(9(12)13-6-2)7-14-10(3,4)15-8-11/h2,5-7H2,1,3-4H3;5H,1,6-8H2,2-4H3. The zero-order valence-corrected chi connectivity index (χ0v) is 23.1. The zero-order valence-electron chi connectivity index (χ0n) is 22.3. The number of hydrogen-bond donors (Lipinski definition) is 0. The Bertz CT molecular complexity index is 967. The number of rotatable bonds is 8. The number of hydrogen-bond acceptors (Lipinski definition) is 11. The first-order valence-corrected chi connectivity index (χ1v) is 12.9. The first-order chi connectivity index (χ1) is 17.2. The van der Waals surface area contributed by atoms with Gasteiger partial charge in [0.05, 0.1) is 39.6 Å². The average molecular weight is 577 g/mol. The van der Waals surface area contributed by atoms with Crippen LogP contribution < -0.4 is 0 Å². The molecule has 0 saturated carbocycles. The number of carbonyl (C=O) groups excluding carboxylic acids is 2. The molecule has 0 bridgehead atoms. The molecule has 38 heavy (non-hydrogen) atoms. The van der Waals surface area contributed by atoms with Crippen LogP contribution in [0.4, 0.5) is 13.2 Å². The lowest BCUT2D eigenvalue weighted by atomic mass is 9.87. The van der Waals surface area contributed by atoms with Crippen molar-refractivity contribution < 1.29 is 63.8 Å². The van der Waals surface area contributed by atoms with E-state index in [0.717, 1.165) is 0 Å². The van der Waals surface area contributed by atoms with Gasteiger partial charge in [-0.2, -0.15) is 21.6 Å². The molecule has 2 rings (SSSR count). The lowest BCUT2D eigenvalue weighted by Crippen LogP contribution is -2.53. The topological polar surface area (TPSA) is 133 Å². The summed E-state index contributed by atoms with van der Waals surface area (Å²) in [6, 6.07) is 0. The molecule has 0 aromatic rings. The van der Waals surface area contributed by atoms with Crippen molar-refractivity contribution in [3.8, 4) is 0 Å². The van der Waals surface area contributed by atoms with Crippen molar-refractivity contribution in [3.63, 3.8) is 0 Å². The van der Waals surface area contributed by atoms with E-state index in [2.05, 4.69) is 17.3 Å². The van der Waals surface area contributed by atoms with Crippen molar-refractivity contribution in [1.82, 2.24) is 0 Å². The first-order valence-electron chi connectivity index (χ1n) is 11.5. The van der Waals surface area contributed by atoms with E-state index in [1.807, 2.05) is 13.8 Å². The molecule has 2 aliphatic heterocycles. The molecule has 0 N–H and O–H groups in total. The SMILES string of the molecule is C=C(OS(=O)(=O)C(F)(F)F)C1(C(=O)OCC)COC(C)(C)OC1.C=CC1(C(=O)OCC)COC(C)(C)OC1. The van der Waals surface area contributed by atoms with Crippen LogP contribution in [-0.4, -0.2) is 77.1 Å². The summed E-state index contributed by atoms with van der Waals surface area (Å²) in [5.74, 6) is -4.13. The van der Waals surface area contributed by atoms with Gasteiger partial charge in [-0.3, -0.25) is 9.59 Å². The molecule has 0 spiro atoms. The van der Waals surface area contributed by atoms with Gasteiger partial charge in [-0.1, -0.05) is 12.7 Å². The molecular formula is C23H35F3O11S. The van der Waals surface area contributed by atoms with Gasteiger partial charge in [-0.05, 0) is 41.5 Å². The maximum atomic E-state index is 12.4. The van der Waals surface area contributed by atoms with Crippen LogP contribution in [0.2, 0.25) is 0 Å². The summed E-state index contributed by atoms with van der Waals surface area (Å²) >= 11 is 0.